The number of nitro benzene ring substituents is 1. The Hall–Kier alpha value is -3.80. The zero-order valence-electron chi connectivity index (χ0n) is 16.1. The highest BCUT2D eigenvalue weighted by molar-refractivity contribution is 5.92. The largest absolute Gasteiger partial charge is 0.330 e. The summed E-state index contributed by atoms with van der Waals surface area (Å²) in [5, 5.41) is 11.2. The van der Waals surface area contributed by atoms with E-state index in [2.05, 4.69) is 4.98 Å². The molecule has 0 unspecified atom stereocenters. The second kappa shape index (κ2) is 9.41. The summed E-state index contributed by atoms with van der Waals surface area (Å²) in [7, 11) is 0. The molecule has 146 valence electrons. The first kappa shape index (κ1) is 19.9. The molecule has 1 amide bonds. The van der Waals surface area contributed by atoms with Crippen molar-refractivity contribution in [2.75, 3.05) is 0 Å². The first-order chi connectivity index (χ1) is 14.0. The van der Waals surface area contributed by atoms with Crippen molar-refractivity contribution in [1.82, 2.24) is 9.88 Å². The lowest BCUT2D eigenvalue weighted by Crippen LogP contribution is -2.28. The van der Waals surface area contributed by atoms with Gasteiger partial charge >= 0.3 is 0 Å². The Bertz CT molecular complexity index is 1030. The van der Waals surface area contributed by atoms with Crippen LogP contribution in [0, 0.1) is 17.0 Å². The number of aromatic nitrogens is 1. The van der Waals surface area contributed by atoms with Gasteiger partial charge in [-0.15, -0.1) is 0 Å². The third-order valence-electron chi connectivity index (χ3n) is 4.57. The van der Waals surface area contributed by atoms with E-state index in [1.807, 2.05) is 43.3 Å². The number of benzene rings is 2. The maximum absolute atomic E-state index is 13.0. The number of para-hydroxylation sites is 1. The van der Waals surface area contributed by atoms with E-state index in [-0.39, 0.29) is 11.6 Å². The highest BCUT2D eigenvalue weighted by Gasteiger charge is 2.15. The van der Waals surface area contributed by atoms with E-state index in [4.69, 9.17) is 0 Å². The molecule has 6 heteroatoms. The lowest BCUT2D eigenvalue weighted by atomic mass is 10.1. The molecule has 0 aliphatic carbocycles. The molecule has 0 fully saturated rings. The van der Waals surface area contributed by atoms with Crippen molar-refractivity contribution in [3.63, 3.8) is 0 Å². The van der Waals surface area contributed by atoms with Gasteiger partial charge in [0.25, 0.3) is 5.69 Å². The fourth-order valence-electron chi connectivity index (χ4n) is 2.98. The van der Waals surface area contributed by atoms with Gasteiger partial charge in [0, 0.05) is 37.6 Å². The van der Waals surface area contributed by atoms with E-state index in [0.29, 0.717) is 18.7 Å². The van der Waals surface area contributed by atoms with Crippen LogP contribution in [0.15, 0.2) is 79.1 Å². The Morgan fingerprint density at radius 2 is 1.83 bits per heavy atom. The van der Waals surface area contributed by atoms with Crippen LogP contribution in [0.5, 0.6) is 0 Å². The van der Waals surface area contributed by atoms with Gasteiger partial charge in [-0.25, -0.2) is 0 Å². The van der Waals surface area contributed by atoms with Crippen LogP contribution in [0.2, 0.25) is 0 Å². The van der Waals surface area contributed by atoms with E-state index in [0.717, 1.165) is 16.7 Å². The number of hydrogen-bond acceptors (Lipinski definition) is 4. The zero-order valence-corrected chi connectivity index (χ0v) is 16.1. The van der Waals surface area contributed by atoms with Crippen LogP contribution in [0.1, 0.15) is 22.3 Å². The number of amides is 1. The predicted molar refractivity (Wildman–Crippen MR) is 112 cm³/mol. The van der Waals surface area contributed by atoms with Crippen LogP contribution in [0.4, 0.5) is 5.69 Å². The minimum atomic E-state index is -0.453. The Morgan fingerprint density at radius 3 is 2.55 bits per heavy atom. The van der Waals surface area contributed by atoms with Crippen molar-refractivity contribution >= 4 is 17.7 Å². The summed E-state index contributed by atoms with van der Waals surface area (Å²) in [6.45, 7) is 2.83. The summed E-state index contributed by atoms with van der Waals surface area (Å²) in [6.07, 6.45) is 6.29. The van der Waals surface area contributed by atoms with E-state index in [9.17, 15) is 14.9 Å². The molecular formula is C23H21N3O3. The maximum atomic E-state index is 13.0. The molecule has 2 aromatic carbocycles. The molecular weight excluding hydrogens is 366 g/mol. The third kappa shape index (κ3) is 5.35. The molecule has 0 saturated carbocycles. The molecule has 0 saturated heterocycles. The molecule has 3 aromatic rings. The van der Waals surface area contributed by atoms with Gasteiger partial charge in [0.1, 0.15) is 0 Å². The Labute approximate surface area is 169 Å². The van der Waals surface area contributed by atoms with Gasteiger partial charge in [0.15, 0.2) is 0 Å². The third-order valence-corrected chi connectivity index (χ3v) is 4.57. The lowest BCUT2D eigenvalue weighted by molar-refractivity contribution is -0.385. The fraction of sp³-hybridized carbons (Fsp3) is 0.130. The molecule has 6 nitrogen and oxygen atoms in total. The standard InChI is InChI=1S/C23H21N3O3/c1-18-7-2-3-10-21(18)17-25(16-19-8-6-14-24-15-19)23(27)13-12-20-9-4-5-11-22(20)26(28)29/h2-15H,16-17H2,1H3/b13-12+. The maximum Gasteiger partial charge on any atom is 0.276 e. The average Bonchev–Trinajstić information content (AvgIpc) is 2.74. The zero-order chi connectivity index (χ0) is 20.6. The SMILES string of the molecule is Cc1ccccc1CN(Cc1cccnc1)C(=O)/C=C/c1ccccc1[N+](=O)[O-]. The van der Waals surface area contributed by atoms with E-state index >= 15 is 0 Å². The minimum Gasteiger partial charge on any atom is -0.330 e. The van der Waals surface area contributed by atoms with Gasteiger partial charge in [-0.2, -0.15) is 0 Å². The normalized spacial score (nSPS) is 10.8. The summed E-state index contributed by atoms with van der Waals surface area (Å²) < 4.78 is 0. The Morgan fingerprint density at radius 1 is 1.07 bits per heavy atom. The number of pyridine rings is 1. The topological polar surface area (TPSA) is 76.3 Å². The van der Waals surface area contributed by atoms with Crippen molar-refractivity contribution < 1.29 is 9.72 Å². The van der Waals surface area contributed by atoms with Gasteiger partial charge in [-0.1, -0.05) is 42.5 Å². The summed E-state index contributed by atoms with van der Waals surface area (Å²) in [5.74, 6) is -0.227. The molecule has 3 rings (SSSR count). The van der Waals surface area contributed by atoms with Crippen molar-refractivity contribution in [1.29, 1.82) is 0 Å². The highest BCUT2D eigenvalue weighted by atomic mass is 16.6. The molecule has 1 heterocycles. The first-order valence-electron chi connectivity index (χ1n) is 9.18. The van der Waals surface area contributed by atoms with Gasteiger partial charge in [0.2, 0.25) is 5.91 Å². The van der Waals surface area contributed by atoms with E-state index < -0.39 is 4.92 Å². The second-order valence-electron chi connectivity index (χ2n) is 6.63. The van der Waals surface area contributed by atoms with Crippen LogP contribution in [-0.4, -0.2) is 20.7 Å². The fourth-order valence-corrected chi connectivity index (χ4v) is 2.98. The number of rotatable bonds is 7. The number of nitro groups is 1. The summed E-state index contributed by atoms with van der Waals surface area (Å²) in [4.78, 5) is 29.5. The van der Waals surface area contributed by atoms with E-state index in [1.54, 1.807) is 35.5 Å². The number of carbonyl (C=O) groups is 1. The number of aryl methyl sites for hydroxylation is 1. The minimum absolute atomic E-state index is 0.0331. The number of hydrogen-bond donors (Lipinski definition) is 0. The summed E-state index contributed by atoms with van der Waals surface area (Å²) >= 11 is 0. The van der Waals surface area contributed by atoms with Crippen LogP contribution in [0.25, 0.3) is 6.08 Å². The van der Waals surface area contributed by atoms with E-state index in [1.165, 1.54) is 18.2 Å². The van der Waals surface area contributed by atoms with Gasteiger partial charge in [-0.3, -0.25) is 19.9 Å². The van der Waals surface area contributed by atoms with Gasteiger partial charge in [-0.05, 0) is 41.8 Å². The summed E-state index contributed by atoms with van der Waals surface area (Å²) in [6, 6.07) is 18.0. The van der Waals surface area contributed by atoms with Crippen LogP contribution in [-0.2, 0) is 17.9 Å². The predicted octanol–water partition coefficient (Wildman–Crippen LogP) is 4.54. The molecule has 0 aliphatic heterocycles. The van der Waals surface area contributed by atoms with Crippen LogP contribution in [0.3, 0.4) is 0 Å². The number of nitrogens with zero attached hydrogens (tertiary/aromatic N) is 3. The molecule has 0 aliphatic rings. The Balaban J connectivity index is 1.86. The monoisotopic (exact) mass is 387 g/mol. The van der Waals surface area contributed by atoms with Crippen LogP contribution >= 0.6 is 0 Å². The quantitative estimate of drug-likeness (QED) is 0.339. The van der Waals surface area contributed by atoms with Crippen molar-refractivity contribution in [2.24, 2.45) is 0 Å². The second-order valence-corrected chi connectivity index (χ2v) is 6.63. The lowest BCUT2D eigenvalue weighted by Gasteiger charge is -2.22. The molecule has 0 bridgehead atoms. The van der Waals surface area contributed by atoms with Crippen molar-refractivity contribution in [3.05, 3.63) is 112 Å². The van der Waals surface area contributed by atoms with Crippen LogP contribution < -0.4 is 0 Å². The molecule has 1 aromatic heterocycles. The highest BCUT2D eigenvalue weighted by Crippen LogP contribution is 2.20. The van der Waals surface area contributed by atoms with Crippen molar-refractivity contribution in [2.45, 2.75) is 20.0 Å². The number of carbonyl (C=O) groups excluding carboxylic acids is 1. The first-order valence-corrected chi connectivity index (χ1v) is 9.18. The van der Waals surface area contributed by atoms with Crippen molar-refractivity contribution in [3.8, 4) is 0 Å². The smallest absolute Gasteiger partial charge is 0.276 e. The molecule has 0 radical (unpaired) electrons. The Kier molecular flexibility index (Phi) is 6.47. The van der Waals surface area contributed by atoms with Gasteiger partial charge < -0.3 is 4.90 Å². The summed E-state index contributed by atoms with van der Waals surface area (Å²) in [5.41, 5.74) is 3.41. The molecule has 0 spiro atoms. The molecule has 29 heavy (non-hydrogen) atoms. The average molecular weight is 387 g/mol. The van der Waals surface area contributed by atoms with Gasteiger partial charge in [0.05, 0.1) is 10.5 Å². The molecule has 0 atom stereocenters. The molecule has 0 N–H and O–H groups in total.